The molecule has 3 nitrogen and oxygen atoms in total. The van der Waals surface area contributed by atoms with Gasteiger partial charge in [-0.2, -0.15) is 0 Å². The lowest BCUT2D eigenvalue weighted by molar-refractivity contribution is 0.0374. The molecule has 3 heteroatoms. The van der Waals surface area contributed by atoms with Crippen LogP contribution in [0.15, 0.2) is 0 Å². The quantitative estimate of drug-likeness (QED) is 0.608. The molecular formula is C15H32N2O. The first-order valence-electron chi connectivity index (χ1n) is 7.87. The van der Waals surface area contributed by atoms with Crippen LogP contribution in [-0.2, 0) is 4.74 Å². The maximum Gasteiger partial charge on any atom is 0.0594 e. The maximum atomic E-state index is 5.36. The first-order chi connectivity index (χ1) is 8.86. The van der Waals surface area contributed by atoms with Crippen molar-refractivity contribution in [2.45, 2.75) is 46.0 Å². The van der Waals surface area contributed by atoms with E-state index in [4.69, 9.17) is 4.74 Å². The highest BCUT2D eigenvalue weighted by atomic mass is 16.5. The minimum atomic E-state index is 0.892. The predicted molar refractivity (Wildman–Crippen MR) is 78.1 cm³/mol. The van der Waals surface area contributed by atoms with Crippen LogP contribution >= 0.6 is 0 Å². The Bertz CT molecular complexity index is 175. The number of nitrogens with zero attached hydrogens (tertiary/aromatic N) is 1. The zero-order chi connectivity index (χ0) is 13.1. The summed E-state index contributed by atoms with van der Waals surface area (Å²) in [5.41, 5.74) is 0. The molecule has 18 heavy (non-hydrogen) atoms. The Balaban J connectivity index is 1.95. The first kappa shape index (κ1) is 15.9. The summed E-state index contributed by atoms with van der Waals surface area (Å²) in [7, 11) is 0. The summed E-state index contributed by atoms with van der Waals surface area (Å²) in [6.07, 6.45) is 6.67. The van der Waals surface area contributed by atoms with Crippen molar-refractivity contribution in [3.63, 3.8) is 0 Å². The van der Waals surface area contributed by atoms with Gasteiger partial charge >= 0.3 is 0 Å². The molecule has 1 aliphatic rings. The van der Waals surface area contributed by atoms with Crippen molar-refractivity contribution >= 4 is 0 Å². The Labute approximate surface area is 113 Å². The number of rotatable bonds is 10. The molecule has 0 amide bonds. The van der Waals surface area contributed by atoms with E-state index in [1.165, 1.54) is 51.7 Å². The average molecular weight is 256 g/mol. The molecule has 0 atom stereocenters. The van der Waals surface area contributed by atoms with E-state index in [9.17, 15) is 0 Å². The molecule has 0 spiro atoms. The summed E-state index contributed by atoms with van der Waals surface area (Å²) < 4.78 is 5.36. The molecule has 0 saturated carbocycles. The summed E-state index contributed by atoms with van der Waals surface area (Å²) >= 11 is 0. The van der Waals surface area contributed by atoms with Gasteiger partial charge in [0.1, 0.15) is 0 Å². The molecule has 0 aromatic heterocycles. The number of nitrogens with one attached hydrogen (secondary N) is 1. The fourth-order valence-corrected chi connectivity index (χ4v) is 2.72. The van der Waals surface area contributed by atoms with Crippen LogP contribution in [0.3, 0.4) is 0 Å². The third kappa shape index (κ3) is 7.34. The van der Waals surface area contributed by atoms with Gasteiger partial charge in [0.25, 0.3) is 0 Å². The van der Waals surface area contributed by atoms with Gasteiger partial charge in [0.15, 0.2) is 0 Å². The minimum absolute atomic E-state index is 0.892. The summed E-state index contributed by atoms with van der Waals surface area (Å²) in [4.78, 5) is 2.51. The fraction of sp³-hybridized carbons (Fsp3) is 1.00. The van der Waals surface area contributed by atoms with E-state index >= 15 is 0 Å². The van der Waals surface area contributed by atoms with Crippen LogP contribution in [0.25, 0.3) is 0 Å². The van der Waals surface area contributed by atoms with Crippen molar-refractivity contribution in [2.75, 3.05) is 45.9 Å². The topological polar surface area (TPSA) is 24.5 Å². The lowest BCUT2D eigenvalue weighted by Gasteiger charge is -2.26. The van der Waals surface area contributed by atoms with Gasteiger partial charge in [0, 0.05) is 13.1 Å². The first-order valence-corrected chi connectivity index (χ1v) is 7.87. The van der Waals surface area contributed by atoms with Gasteiger partial charge in [0.05, 0.1) is 13.2 Å². The fourth-order valence-electron chi connectivity index (χ4n) is 2.72. The highest BCUT2D eigenvalue weighted by Gasteiger charge is 2.09. The summed E-state index contributed by atoms with van der Waals surface area (Å²) in [5.74, 6) is 0.892. The van der Waals surface area contributed by atoms with E-state index in [2.05, 4.69) is 24.1 Å². The molecule has 1 saturated heterocycles. The molecule has 1 fully saturated rings. The lowest BCUT2D eigenvalue weighted by Crippen LogP contribution is -2.38. The Hall–Kier alpha value is -0.120. The number of ether oxygens (including phenoxy) is 1. The van der Waals surface area contributed by atoms with E-state index in [1.807, 2.05) is 0 Å². The van der Waals surface area contributed by atoms with E-state index < -0.39 is 0 Å². The van der Waals surface area contributed by atoms with E-state index in [0.29, 0.717) is 0 Å². The molecule has 108 valence electrons. The standard InChI is InChI=1S/C15H32N2O/c1-3-6-15(7-4-2)14-16-8-5-9-17-10-12-18-13-11-17/h15-16H,3-14H2,1-2H3. The molecule has 1 heterocycles. The Morgan fingerprint density at radius 3 is 2.39 bits per heavy atom. The second-order valence-corrected chi connectivity index (χ2v) is 5.46. The van der Waals surface area contributed by atoms with Gasteiger partial charge in [-0.1, -0.05) is 26.7 Å². The van der Waals surface area contributed by atoms with Gasteiger partial charge in [0.2, 0.25) is 0 Å². The molecule has 1 N–H and O–H groups in total. The Morgan fingerprint density at radius 2 is 1.78 bits per heavy atom. The van der Waals surface area contributed by atoms with Crippen molar-refractivity contribution < 1.29 is 4.74 Å². The number of morpholine rings is 1. The molecule has 1 rings (SSSR count). The smallest absolute Gasteiger partial charge is 0.0594 e. The van der Waals surface area contributed by atoms with Crippen molar-refractivity contribution in [1.29, 1.82) is 0 Å². The molecule has 0 unspecified atom stereocenters. The SMILES string of the molecule is CCCC(CCC)CNCCCN1CCOCC1. The van der Waals surface area contributed by atoms with Gasteiger partial charge in [-0.3, -0.25) is 4.90 Å². The van der Waals surface area contributed by atoms with Crippen molar-refractivity contribution in [2.24, 2.45) is 5.92 Å². The van der Waals surface area contributed by atoms with Crippen molar-refractivity contribution in [3.8, 4) is 0 Å². The van der Waals surface area contributed by atoms with Crippen LogP contribution in [0.1, 0.15) is 46.0 Å². The van der Waals surface area contributed by atoms with Crippen LogP contribution < -0.4 is 5.32 Å². The third-order valence-electron chi connectivity index (χ3n) is 3.76. The molecule has 0 aromatic rings. The average Bonchev–Trinajstić information content (AvgIpc) is 2.40. The van der Waals surface area contributed by atoms with E-state index in [1.54, 1.807) is 0 Å². The summed E-state index contributed by atoms with van der Waals surface area (Å²) in [5, 5.41) is 3.64. The van der Waals surface area contributed by atoms with Crippen LogP contribution in [-0.4, -0.2) is 50.8 Å². The maximum absolute atomic E-state index is 5.36. The lowest BCUT2D eigenvalue weighted by atomic mass is 9.98. The second kappa shape index (κ2) is 10.8. The normalized spacial score (nSPS) is 17.5. The van der Waals surface area contributed by atoms with Gasteiger partial charge in [-0.25, -0.2) is 0 Å². The highest BCUT2D eigenvalue weighted by molar-refractivity contribution is 4.65. The molecule has 0 aromatic carbocycles. The summed E-state index contributed by atoms with van der Waals surface area (Å²) in [6.45, 7) is 12.3. The third-order valence-corrected chi connectivity index (χ3v) is 3.76. The largest absolute Gasteiger partial charge is 0.379 e. The van der Waals surface area contributed by atoms with Crippen molar-refractivity contribution in [1.82, 2.24) is 10.2 Å². The Morgan fingerprint density at radius 1 is 1.11 bits per heavy atom. The molecule has 0 aliphatic carbocycles. The number of hydrogen-bond donors (Lipinski definition) is 1. The monoisotopic (exact) mass is 256 g/mol. The van der Waals surface area contributed by atoms with E-state index in [0.717, 1.165) is 32.2 Å². The van der Waals surface area contributed by atoms with Gasteiger partial charge in [-0.05, 0) is 44.8 Å². The molecular weight excluding hydrogens is 224 g/mol. The van der Waals surface area contributed by atoms with Crippen LogP contribution in [0.2, 0.25) is 0 Å². The zero-order valence-electron chi connectivity index (χ0n) is 12.4. The van der Waals surface area contributed by atoms with E-state index in [-0.39, 0.29) is 0 Å². The Kier molecular flexibility index (Phi) is 9.54. The number of hydrogen-bond acceptors (Lipinski definition) is 3. The second-order valence-electron chi connectivity index (χ2n) is 5.46. The van der Waals surface area contributed by atoms with Gasteiger partial charge in [-0.15, -0.1) is 0 Å². The molecule has 0 radical (unpaired) electrons. The van der Waals surface area contributed by atoms with Crippen LogP contribution in [0.5, 0.6) is 0 Å². The predicted octanol–water partition coefficient (Wildman–Crippen LogP) is 2.51. The molecule has 1 aliphatic heterocycles. The molecule has 0 bridgehead atoms. The van der Waals surface area contributed by atoms with Crippen molar-refractivity contribution in [3.05, 3.63) is 0 Å². The van der Waals surface area contributed by atoms with Gasteiger partial charge < -0.3 is 10.1 Å². The van der Waals surface area contributed by atoms with Crippen LogP contribution in [0.4, 0.5) is 0 Å². The highest BCUT2D eigenvalue weighted by Crippen LogP contribution is 2.11. The van der Waals surface area contributed by atoms with Crippen LogP contribution in [0, 0.1) is 5.92 Å². The minimum Gasteiger partial charge on any atom is -0.379 e. The zero-order valence-corrected chi connectivity index (χ0v) is 12.4. The summed E-state index contributed by atoms with van der Waals surface area (Å²) in [6, 6.07) is 0.